The zero-order valence-electron chi connectivity index (χ0n) is 12.3. The van der Waals surface area contributed by atoms with E-state index in [4.69, 9.17) is 10.00 Å². The molecule has 21 heavy (non-hydrogen) atoms. The molecule has 1 N–H and O–H groups in total. The Kier molecular flexibility index (Phi) is 5.66. The highest BCUT2D eigenvalue weighted by atomic mass is 16.5. The smallest absolute Gasteiger partial charge is 0.119 e. The van der Waals surface area contributed by atoms with Crippen LogP contribution >= 0.6 is 0 Å². The van der Waals surface area contributed by atoms with Gasteiger partial charge in [0, 0.05) is 5.69 Å². The molecule has 0 bridgehead atoms. The molecule has 2 aromatic rings. The van der Waals surface area contributed by atoms with Crippen molar-refractivity contribution in [1.82, 2.24) is 0 Å². The third kappa shape index (κ3) is 4.54. The summed E-state index contributed by atoms with van der Waals surface area (Å²) >= 11 is 0. The number of nitriles is 1. The third-order valence-electron chi connectivity index (χ3n) is 3.17. The SMILES string of the molecule is CCCOc1ccc(NC(CC#N)c2ccccc2)cc1. The predicted octanol–water partition coefficient (Wildman–Crippen LogP) is 4.54. The first-order chi connectivity index (χ1) is 10.3. The van der Waals surface area contributed by atoms with E-state index >= 15 is 0 Å². The summed E-state index contributed by atoms with van der Waals surface area (Å²) in [7, 11) is 0. The summed E-state index contributed by atoms with van der Waals surface area (Å²) in [5.74, 6) is 0.874. The first-order valence-corrected chi connectivity index (χ1v) is 7.24. The number of hydrogen-bond acceptors (Lipinski definition) is 3. The largest absolute Gasteiger partial charge is 0.494 e. The molecule has 1 unspecified atom stereocenters. The Bertz CT molecular complexity index is 572. The van der Waals surface area contributed by atoms with Crippen molar-refractivity contribution in [2.45, 2.75) is 25.8 Å². The molecule has 3 nitrogen and oxygen atoms in total. The van der Waals surface area contributed by atoms with Gasteiger partial charge in [-0.15, -0.1) is 0 Å². The zero-order chi connectivity index (χ0) is 14.9. The number of rotatable bonds is 7. The van der Waals surface area contributed by atoms with E-state index in [2.05, 4.69) is 18.3 Å². The van der Waals surface area contributed by atoms with Crippen LogP contribution < -0.4 is 10.1 Å². The van der Waals surface area contributed by atoms with Crippen molar-refractivity contribution in [1.29, 1.82) is 5.26 Å². The fraction of sp³-hybridized carbons (Fsp3) is 0.278. The Labute approximate surface area is 126 Å². The Morgan fingerprint density at radius 1 is 1.10 bits per heavy atom. The van der Waals surface area contributed by atoms with Gasteiger partial charge in [0.2, 0.25) is 0 Å². The van der Waals surface area contributed by atoms with Crippen molar-refractivity contribution in [2.75, 3.05) is 11.9 Å². The number of nitrogens with zero attached hydrogens (tertiary/aromatic N) is 1. The molecule has 2 aromatic carbocycles. The summed E-state index contributed by atoms with van der Waals surface area (Å²) in [4.78, 5) is 0. The molecule has 0 saturated carbocycles. The monoisotopic (exact) mass is 280 g/mol. The zero-order valence-corrected chi connectivity index (χ0v) is 12.3. The van der Waals surface area contributed by atoms with E-state index in [0.29, 0.717) is 6.42 Å². The van der Waals surface area contributed by atoms with Gasteiger partial charge in [-0.25, -0.2) is 0 Å². The van der Waals surface area contributed by atoms with E-state index in [-0.39, 0.29) is 6.04 Å². The van der Waals surface area contributed by atoms with E-state index in [9.17, 15) is 0 Å². The van der Waals surface area contributed by atoms with Crippen LogP contribution in [0.15, 0.2) is 54.6 Å². The Hall–Kier alpha value is -2.47. The molecule has 0 spiro atoms. The summed E-state index contributed by atoms with van der Waals surface area (Å²) in [5, 5.41) is 12.4. The van der Waals surface area contributed by atoms with Gasteiger partial charge in [-0.3, -0.25) is 0 Å². The average molecular weight is 280 g/mol. The standard InChI is InChI=1S/C18H20N2O/c1-2-14-21-17-10-8-16(9-11-17)20-18(12-13-19)15-6-4-3-5-7-15/h3-11,18,20H,2,12,14H2,1H3. The molecule has 0 aromatic heterocycles. The summed E-state index contributed by atoms with van der Waals surface area (Å²) in [5.41, 5.74) is 2.10. The van der Waals surface area contributed by atoms with Gasteiger partial charge in [0.1, 0.15) is 5.75 Å². The van der Waals surface area contributed by atoms with E-state index in [0.717, 1.165) is 30.0 Å². The van der Waals surface area contributed by atoms with Gasteiger partial charge in [0.25, 0.3) is 0 Å². The molecule has 0 amide bonds. The van der Waals surface area contributed by atoms with Crippen LogP contribution in [-0.2, 0) is 0 Å². The number of anilines is 1. The van der Waals surface area contributed by atoms with E-state index in [1.165, 1.54) is 0 Å². The summed E-state index contributed by atoms with van der Waals surface area (Å²) in [6.45, 7) is 2.82. The number of hydrogen-bond donors (Lipinski definition) is 1. The van der Waals surface area contributed by atoms with Gasteiger partial charge in [-0.1, -0.05) is 37.3 Å². The lowest BCUT2D eigenvalue weighted by molar-refractivity contribution is 0.317. The Morgan fingerprint density at radius 2 is 1.81 bits per heavy atom. The molecule has 0 saturated heterocycles. The highest BCUT2D eigenvalue weighted by Gasteiger charge is 2.10. The lowest BCUT2D eigenvalue weighted by atomic mass is 10.0. The van der Waals surface area contributed by atoms with Crippen molar-refractivity contribution in [3.05, 3.63) is 60.2 Å². The van der Waals surface area contributed by atoms with Gasteiger partial charge in [-0.2, -0.15) is 5.26 Å². The lowest BCUT2D eigenvalue weighted by Crippen LogP contribution is -2.10. The predicted molar refractivity (Wildman–Crippen MR) is 85.3 cm³/mol. The average Bonchev–Trinajstić information content (AvgIpc) is 2.54. The lowest BCUT2D eigenvalue weighted by Gasteiger charge is -2.18. The first-order valence-electron chi connectivity index (χ1n) is 7.24. The van der Waals surface area contributed by atoms with Gasteiger partial charge in [0.15, 0.2) is 0 Å². The molecule has 0 fully saturated rings. The van der Waals surface area contributed by atoms with Gasteiger partial charge in [-0.05, 0) is 36.2 Å². The summed E-state index contributed by atoms with van der Waals surface area (Å²) < 4.78 is 5.57. The molecule has 2 rings (SSSR count). The van der Waals surface area contributed by atoms with Crippen molar-refractivity contribution >= 4 is 5.69 Å². The number of ether oxygens (including phenoxy) is 1. The number of benzene rings is 2. The topological polar surface area (TPSA) is 45.0 Å². The second-order valence-electron chi connectivity index (χ2n) is 4.84. The van der Waals surface area contributed by atoms with Crippen molar-refractivity contribution in [2.24, 2.45) is 0 Å². The Morgan fingerprint density at radius 3 is 2.43 bits per heavy atom. The van der Waals surface area contributed by atoms with Gasteiger partial charge >= 0.3 is 0 Å². The van der Waals surface area contributed by atoms with Gasteiger partial charge < -0.3 is 10.1 Å². The minimum absolute atomic E-state index is 0.00129. The molecule has 0 aliphatic carbocycles. The molecule has 0 aliphatic rings. The van der Waals surface area contributed by atoms with Crippen LogP contribution in [-0.4, -0.2) is 6.61 Å². The second-order valence-corrected chi connectivity index (χ2v) is 4.84. The number of nitrogens with one attached hydrogen (secondary N) is 1. The highest BCUT2D eigenvalue weighted by Crippen LogP contribution is 2.24. The fourth-order valence-electron chi connectivity index (χ4n) is 2.10. The van der Waals surface area contributed by atoms with E-state index in [1.807, 2.05) is 54.6 Å². The maximum atomic E-state index is 9.01. The van der Waals surface area contributed by atoms with Crippen molar-refractivity contribution < 1.29 is 4.74 Å². The molecule has 108 valence electrons. The maximum Gasteiger partial charge on any atom is 0.119 e. The van der Waals surface area contributed by atoms with Crippen LogP contribution in [0.25, 0.3) is 0 Å². The molecular formula is C18H20N2O. The van der Waals surface area contributed by atoms with Crippen LogP contribution in [0.4, 0.5) is 5.69 Å². The van der Waals surface area contributed by atoms with E-state index in [1.54, 1.807) is 0 Å². The highest BCUT2D eigenvalue weighted by molar-refractivity contribution is 5.48. The molecule has 0 aliphatic heterocycles. The van der Waals surface area contributed by atoms with Crippen molar-refractivity contribution in [3.63, 3.8) is 0 Å². The molecular weight excluding hydrogens is 260 g/mol. The first kappa shape index (κ1) is 14.9. The summed E-state index contributed by atoms with van der Waals surface area (Å²) in [6.07, 6.45) is 1.43. The molecule has 0 radical (unpaired) electrons. The molecule has 1 atom stereocenters. The van der Waals surface area contributed by atoms with Crippen LogP contribution in [0.3, 0.4) is 0 Å². The van der Waals surface area contributed by atoms with E-state index < -0.39 is 0 Å². The minimum Gasteiger partial charge on any atom is -0.494 e. The maximum absolute atomic E-state index is 9.01. The molecule has 3 heteroatoms. The molecule has 0 heterocycles. The van der Waals surface area contributed by atoms with Crippen LogP contribution in [0.1, 0.15) is 31.4 Å². The summed E-state index contributed by atoms with van der Waals surface area (Å²) in [6, 6.07) is 20.1. The quantitative estimate of drug-likeness (QED) is 0.809. The minimum atomic E-state index is -0.00129. The van der Waals surface area contributed by atoms with Crippen molar-refractivity contribution in [3.8, 4) is 11.8 Å². The van der Waals surface area contributed by atoms with Crippen LogP contribution in [0, 0.1) is 11.3 Å². The van der Waals surface area contributed by atoms with Gasteiger partial charge in [0.05, 0.1) is 25.1 Å². The van der Waals surface area contributed by atoms with Crippen LogP contribution in [0.2, 0.25) is 0 Å². The third-order valence-corrected chi connectivity index (χ3v) is 3.17. The Balaban J connectivity index is 2.05. The second kappa shape index (κ2) is 7.96. The fourth-order valence-corrected chi connectivity index (χ4v) is 2.10. The van der Waals surface area contributed by atoms with Crippen LogP contribution in [0.5, 0.6) is 5.75 Å². The normalized spacial score (nSPS) is 11.4.